The van der Waals surface area contributed by atoms with E-state index in [0.717, 1.165) is 18.8 Å². The van der Waals surface area contributed by atoms with Crippen molar-refractivity contribution in [3.63, 3.8) is 0 Å². The second kappa shape index (κ2) is 4.37. The molecule has 0 aromatic rings. The van der Waals surface area contributed by atoms with Gasteiger partial charge in [0.25, 0.3) is 0 Å². The SMILES string of the molecule is CCC1CC(C#N)(SC(C)CC)C1. The molecule has 1 aliphatic carbocycles. The van der Waals surface area contributed by atoms with Gasteiger partial charge in [-0.1, -0.05) is 27.2 Å². The molecule has 0 N–H and O–H groups in total. The second-order valence-electron chi connectivity index (χ2n) is 4.13. The van der Waals surface area contributed by atoms with Crippen LogP contribution in [0.4, 0.5) is 0 Å². The Labute approximate surface area is 85.9 Å². The Balaban J connectivity index is 2.42. The predicted molar refractivity (Wildman–Crippen MR) is 58.7 cm³/mol. The monoisotopic (exact) mass is 197 g/mol. The zero-order chi connectivity index (χ0) is 9.90. The Bertz CT molecular complexity index is 201. The van der Waals surface area contributed by atoms with Crippen molar-refractivity contribution in [3.8, 4) is 6.07 Å². The maximum atomic E-state index is 9.12. The summed E-state index contributed by atoms with van der Waals surface area (Å²) < 4.78 is -0.0178. The van der Waals surface area contributed by atoms with E-state index in [1.807, 2.05) is 11.8 Å². The molecule has 13 heavy (non-hydrogen) atoms. The summed E-state index contributed by atoms with van der Waals surface area (Å²) in [7, 11) is 0. The lowest BCUT2D eigenvalue weighted by Gasteiger charge is -2.43. The van der Waals surface area contributed by atoms with Gasteiger partial charge in [0.15, 0.2) is 0 Å². The number of hydrogen-bond donors (Lipinski definition) is 0. The Morgan fingerprint density at radius 3 is 2.54 bits per heavy atom. The molecule has 0 heterocycles. The van der Waals surface area contributed by atoms with Crippen molar-refractivity contribution in [1.29, 1.82) is 5.26 Å². The lowest BCUT2D eigenvalue weighted by Crippen LogP contribution is -2.40. The molecule has 74 valence electrons. The molecule has 0 aromatic carbocycles. The van der Waals surface area contributed by atoms with Crippen molar-refractivity contribution in [2.24, 2.45) is 5.92 Å². The Hall–Kier alpha value is -0.160. The Kier molecular flexibility index (Phi) is 3.67. The van der Waals surface area contributed by atoms with Crippen LogP contribution in [0, 0.1) is 17.2 Å². The van der Waals surface area contributed by atoms with E-state index in [9.17, 15) is 0 Å². The van der Waals surface area contributed by atoms with Gasteiger partial charge in [0.05, 0.1) is 6.07 Å². The molecule has 1 nitrogen and oxygen atoms in total. The minimum Gasteiger partial charge on any atom is -0.197 e. The van der Waals surface area contributed by atoms with Crippen LogP contribution in [0.5, 0.6) is 0 Å². The fraction of sp³-hybridized carbons (Fsp3) is 0.909. The van der Waals surface area contributed by atoms with Gasteiger partial charge in [-0.3, -0.25) is 0 Å². The molecule has 1 unspecified atom stereocenters. The zero-order valence-corrected chi connectivity index (χ0v) is 9.66. The maximum Gasteiger partial charge on any atom is 0.103 e. The van der Waals surface area contributed by atoms with Crippen LogP contribution in [0.3, 0.4) is 0 Å². The van der Waals surface area contributed by atoms with Crippen LogP contribution in [-0.4, -0.2) is 10.00 Å². The van der Waals surface area contributed by atoms with Crippen LogP contribution in [0.1, 0.15) is 46.5 Å². The van der Waals surface area contributed by atoms with Gasteiger partial charge in [0.2, 0.25) is 0 Å². The number of nitriles is 1. The van der Waals surface area contributed by atoms with Crippen LogP contribution in [0.2, 0.25) is 0 Å². The van der Waals surface area contributed by atoms with E-state index in [2.05, 4.69) is 26.8 Å². The minimum atomic E-state index is -0.0178. The third-order valence-electron chi connectivity index (χ3n) is 3.02. The van der Waals surface area contributed by atoms with Crippen LogP contribution >= 0.6 is 11.8 Å². The standard InChI is InChI=1S/C11H19NS/c1-4-9(3)13-11(8-12)6-10(5-2)7-11/h9-10H,4-7H2,1-3H3. The average molecular weight is 197 g/mol. The highest BCUT2D eigenvalue weighted by atomic mass is 32.2. The quantitative estimate of drug-likeness (QED) is 0.687. The first-order valence-corrected chi connectivity index (χ1v) is 6.12. The van der Waals surface area contributed by atoms with Crippen molar-refractivity contribution < 1.29 is 0 Å². The summed E-state index contributed by atoms with van der Waals surface area (Å²) in [6.07, 6.45) is 4.65. The first-order chi connectivity index (χ1) is 6.15. The van der Waals surface area contributed by atoms with E-state index in [1.165, 1.54) is 12.8 Å². The van der Waals surface area contributed by atoms with Gasteiger partial charge < -0.3 is 0 Å². The molecule has 0 saturated heterocycles. The van der Waals surface area contributed by atoms with Gasteiger partial charge in [-0.25, -0.2) is 0 Å². The zero-order valence-electron chi connectivity index (χ0n) is 8.84. The topological polar surface area (TPSA) is 23.8 Å². The van der Waals surface area contributed by atoms with Gasteiger partial charge in [-0.05, 0) is 25.2 Å². The van der Waals surface area contributed by atoms with Gasteiger partial charge in [0, 0.05) is 5.25 Å². The van der Waals surface area contributed by atoms with Gasteiger partial charge in [0.1, 0.15) is 4.75 Å². The van der Waals surface area contributed by atoms with Crippen molar-refractivity contribution in [1.82, 2.24) is 0 Å². The molecule has 1 saturated carbocycles. The van der Waals surface area contributed by atoms with E-state index >= 15 is 0 Å². The number of nitrogens with zero attached hydrogens (tertiary/aromatic N) is 1. The summed E-state index contributed by atoms with van der Waals surface area (Å²) in [5, 5.41) is 9.76. The molecule has 1 atom stereocenters. The number of rotatable bonds is 4. The Morgan fingerprint density at radius 1 is 1.54 bits per heavy atom. The van der Waals surface area contributed by atoms with E-state index < -0.39 is 0 Å². The molecule has 0 aromatic heterocycles. The third kappa shape index (κ3) is 2.40. The van der Waals surface area contributed by atoms with Crippen molar-refractivity contribution in [2.45, 2.75) is 56.5 Å². The van der Waals surface area contributed by atoms with Gasteiger partial charge in [-0.15, -0.1) is 11.8 Å². The summed E-state index contributed by atoms with van der Waals surface area (Å²) in [5.74, 6) is 0.816. The molecule has 0 spiro atoms. The van der Waals surface area contributed by atoms with Gasteiger partial charge >= 0.3 is 0 Å². The summed E-state index contributed by atoms with van der Waals surface area (Å²) in [4.78, 5) is 0. The first-order valence-electron chi connectivity index (χ1n) is 5.25. The predicted octanol–water partition coefficient (Wildman–Crippen LogP) is 3.60. The summed E-state index contributed by atoms with van der Waals surface area (Å²) in [5.41, 5.74) is 0. The van der Waals surface area contributed by atoms with Crippen molar-refractivity contribution >= 4 is 11.8 Å². The van der Waals surface area contributed by atoms with Crippen molar-refractivity contribution in [2.75, 3.05) is 0 Å². The second-order valence-corrected chi connectivity index (χ2v) is 5.95. The molecular weight excluding hydrogens is 178 g/mol. The third-order valence-corrected chi connectivity index (χ3v) is 4.63. The number of hydrogen-bond acceptors (Lipinski definition) is 2. The molecule has 0 aliphatic heterocycles. The number of thioether (sulfide) groups is 1. The minimum absolute atomic E-state index is 0.0178. The van der Waals surface area contributed by atoms with Crippen molar-refractivity contribution in [3.05, 3.63) is 0 Å². The van der Waals surface area contributed by atoms with Crippen LogP contribution in [0.15, 0.2) is 0 Å². The van der Waals surface area contributed by atoms with E-state index in [1.54, 1.807) is 0 Å². The van der Waals surface area contributed by atoms with E-state index in [4.69, 9.17) is 5.26 Å². The maximum absolute atomic E-state index is 9.12. The van der Waals surface area contributed by atoms with Crippen LogP contribution in [0.25, 0.3) is 0 Å². The summed E-state index contributed by atoms with van der Waals surface area (Å²) >= 11 is 1.89. The largest absolute Gasteiger partial charge is 0.197 e. The molecule has 1 aliphatic rings. The molecule has 1 rings (SSSR count). The smallest absolute Gasteiger partial charge is 0.103 e. The van der Waals surface area contributed by atoms with Crippen LogP contribution in [-0.2, 0) is 0 Å². The molecular formula is C11H19NS. The van der Waals surface area contributed by atoms with Crippen LogP contribution < -0.4 is 0 Å². The normalized spacial score (nSPS) is 34.8. The Morgan fingerprint density at radius 2 is 2.15 bits per heavy atom. The average Bonchev–Trinajstić information content (AvgIpc) is 2.10. The lowest BCUT2D eigenvalue weighted by molar-refractivity contribution is 0.269. The van der Waals surface area contributed by atoms with E-state index in [-0.39, 0.29) is 4.75 Å². The molecule has 0 radical (unpaired) electrons. The fourth-order valence-electron chi connectivity index (χ4n) is 1.84. The molecule has 0 bridgehead atoms. The summed E-state index contributed by atoms with van der Waals surface area (Å²) in [6.45, 7) is 6.64. The fourth-order valence-corrected chi connectivity index (χ4v) is 3.50. The highest BCUT2D eigenvalue weighted by molar-refractivity contribution is 8.01. The molecule has 2 heteroatoms. The lowest BCUT2D eigenvalue weighted by atomic mass is 9.73. The van der Waals surface area contributed by atoms with E-state index in [0.29, 0.717) is 5.25 Å². The first kappa shape index (κ1) is 10.9. The summed E-state index contributed by atoms with van der Waals surface area (Å²) in [6, 6.07) is 2.51. The highest BCUT2D eigenvalue weighted by Crippen LogP contribution is 2.50. The molecule has 0 amide bonds. The molecule has 1 fully saturated rings. The van der Waals surface area contributed by atoms with Gasteiger partial charge in [-0.2, -0.15) is 5.26 Å². The highest BCUT2D eigenvalue weighted by Gasteiger charge is 2.44.